The van der Waals surface area contributed by atoms with Crippen LogP contribution in [0.1, 0.15) is 10.4 Å². The summed E-state index contributed by atoms with van der Waals surface area (Å²) in [4.78, 5) is 17.4. The first kappa shape index (κ1) is 21.0. The summed E-state index contributed by atoms with van der Waals surface area (Å²) in [6.45, 7) is 3.86. The number of carbonyl (C=O) groups excluding carboxylic acids is 1. The van der Waals surface area contributed by atoms with Gasteiger partial charge in [0.05, 0.1) is 38.6 Å². The van der Waals surface area contributed by atoms with Crippen molar-refractivity contribution in [2.75, 3.05) is 59.0 Å². The second-order valence-electron chi connectivity index (χ2n) is 6.97. The molecule has 2 aromatic carbocycles. The molecule has 1 saturated heterocycles. The predicted octanol–water partition coefficient (Wildman–Crippen LogP) is 2.04. The predicted molar refractivity (Wildman–Crippen MR) is 113 cm³/mol. The lowest BCUT2D eigenvalue weighted by Gasteiger charge is -2.37. The van der Waals surface area contributed by atoms with E-state index in [0.717, 1.165) is 37.6 Å². The van der Waals surface area contributed by atoms with Crippen LogP contribution in [-0.2, 0) is 0 Å². The molecule has 3 rings (SSSR count). The van der Waals surface area contributed by atoms with E-state index in [1.165, 1.54) is 7.11 Å². The van der Waals surface area contributed by atoms with Crippen LogP contribution in [0.3, 0.4) is 0 Å². The molecule has 1 atom stereocenters. The van der Waals surface area contributed by atoms with Gasteiger partial charge in [-0.15, -0.1) is 0 Å². The van der Waals surface area contributed by atoms with Crippen LogP contribution in [0.4, 0.5) is 5.69 Å². The summed E-state index contributed by atoms with van der Waals surface area (Å²) in [5.74, 6) is 1.68. The van der Waals surface area contributed by atoms with Crippen molar-refractivity contribution in [3.05, 3.63) is 48.0 Å². The molecule has 1 aliphatic heterocycles. The molecular formula is C22H29N3O4. The lowest BCUT2D eigenvalue weighted by Crippen LogP contribution is -2.51. The number of piperazine rings is 1. The zero-order valence-corrected chi connectivity index (χ0v) is 17.3. The van der Waals surface area contributed by atoms with E-state index in [4.69, 9.17) is 19.9 Å². The molecule has 0 aliphatic carbocycles. The lowest BCUT2D eigenvalue weighted by atomic mass is 10.0. The Labute approximate surface area is 171 Å². The third-order valence-corrected chi connectivity index (χ3v) is 5.26. The van der Waals surface area contributed by atoms with E-state index in [1.807, 2.05) is 18.2 Å². The first-order valence-corrected chi connectivity index (χ1v) is 9.70. The van der Waals surface area contributed by atoms with Crippen molar-refractivity contribution < 1.29 is 19.0 Å². The molecule has 2 N–H and O–H groups in total. The number of ketones is 1. The highest BCUT2D eigenvalue weighted by Gasteiger charge is 2.26. The molecule has 0 spiro atoms. The maximum Gasteiger partial charge on any atom is 0.184 e. The first-order chi connectivity index (χ1) is 14.1. The Morgan fingerprint density at radius 2 is 1.59 bits per heavy atom. The zero-order chi connectivity index (χ0) is 20.8. The number of nitrogens with two attached hydrogens (primary N) is 1. The van der Waals surface area contributed by atoms with E-state index in [0.29, 0.717) is 23.6 Å². The van der Waals surface area contributed by atoms with Crippen LogP contribution >= 0.6 is 0 Å². The van der Waals surface area contributed by atoms with Crippen LogP contribution in [0.5, 0.6) is 17.2 Å². The van der Waals surface area contributed by atoms with E-state index >= 15 is 0 Å². The van der Waals surface area contributed by atoms with Crippen molar-refractivity contribution in [1.29, 1.82) is 0 Å². The summed E-state index contributed by atoms with van der Waals surface area (Å²) in [5, 5.41) is 0. The van der Waals surface area contributed by atoms with Gasteiger partial charge in [-0.3, -0.25) is 9.69 Å². The molecule has 1 heterocycles. The van der Waals surface area contributed by atoms with Gasteiger partial charge >= 0.3 is 0 Å². The SMILES string of the molecule is COc1ccccc1N1CCN(CC(N)C(=O)c2cccc(OC)c2OC)CC1. The maximum atomic E-state index is 12.9. The van der Waals surface area contributed by atoms with Gasteiger partial charge in [-0.05, 0) is 24.3 Å². The maximum absolute atomic E-state index is 12.9. The van der Waals surface area contributed by atoms with Crippen LogP contribution in [0.2, 0.25) is 0 Å². The van der Waals surface area contributed by atoms with Crippen LogP contribution in [0.15, 0.2) is 42.5 Å². The molecule has 29 heavy (non-hydrogen) atoms. The van der Waals surface area contributed by atoms with E-state index < -0.39 is 6.04 Å². The van der Waals surface area contributed by atoms with Gasteiger partial charge in [0.15, 0.2) is 17.3 Å². The number of anilines is 1. The highest BCUT2D eigenvalue weighted by molar-refractivity contribution is 6.03. The van der Waals surface area contributed by atoms with Crippen LogP contribution in [0.25, 0.3) is 0 Å². The fourth-order valence-electron chi connectivity index (χ4n) is 3.70. The van der Waals surface area contributed by atoms with Crippen molar-refractivity contribution in [2.45, 2.75) is 6.04 Å². The Bertz CT molecular complexity index is 835. The van der Waals surface area contributed by atoms with Crippen molar-refractivity contribution in [3.63, 3.8) is 0 Å². The zero-order valence-electron chi connectivity index (χ0n) is 17.3. The molecule has 0 amide bonds. The fraction of sp³-hybridized carbons (Fsp3) is 0.409. The summed E-state index contributed by atoms with van der Waals surface area (Å²) in [6.07, 6.45) is 0. The van der Waals surface area contributed by atoms with Gasteiger partial charge in [0.1, 0.15) is 5.75 Å². The summed E-state index contributed by atoms with van der Waals surface area (Å²) < 4.78 is 16.1. The minimum absolute atomic E-state index is 0.145. The second-order valence-corrected chi connectivity index (χ2v) is 6.97. The molecule has 7 heteroatoms. The van der Waals surface area contributed by atoms with Crippen LogP contribution in [-0.4, -0.2) is 70.8 Å². The number of methoxy groups -OCH3 is 3. The quantitative estimate of drug-likeness (QED) is 0.681. The van der Waals surface area contributed by atoms with Crippen LogP contribution in [0, 0.1) is 0 Å². The Kier molecular flexibility index (Phi) is 6.95. The molecule has 0 aromatic heterocycles. The molecule has 7 nitrogen and oxygen atoms in total. The minimum atomic E-state index is -0.631. The molecule has 1 aliphatic rings. The summed E-state index contributed by atoms with van der Waals surface area (Å²) in [5.41, 5.74) is 7.81. The highest BCUT2D eigenvalue weighted by Crippen LogP contribution is 2.31. The molecule has 0 radical (unpaired) electrons. The second kappa shape index (κ2) is 9.62. The van der Waals surface area contributed by atoms with Gasteiger partial charge in [0.2, 0.25) is 0 Å². The van der Waals surface area contributed by atoms with Gasteiger partial charge < -0.3 is 24.8 Å². The minimum Gasteiger partial charge on any atom is -0.495 e. The summed E-state index contributed by atoms with van der Waals surface area (Å²) in [6, 6.07) is 12.6. The topological polar surface area (TPSA) is 77.3 Å². The Hall–Kier alpha value is -2.77. The number of Topliss-reactive ketones (excluding diaryl/α,β-unsaturated/α-hetero) is 1. The molecule has 1 fully saturated rings. The number of rotatable bonds is 8. The van der Waals surface area contributed by atoms with E-state index in [9.17, 15) is 4.79 Å². The molecule has 0 saturated carbocycles. The summed E-state index contributed by atoms with van der Waals surface area (Å²) >= 11 is 0. The Balaban J connectivity index is 1.61. The standard InChI is InChI=1S/C22H29N3O4/c1-27-19-9-5-4-8-18(19)25-13-11-24(12-14-25)15-17(23)21(26)16-7-6-10-20(28-2)22(16)29-3/h4-10,17H,11-15,23H2,1-3H3. The van der Waals surface area contributed by atoms with Crippen molar-refractivity contribution in [1.82, 2.24) is 4.90 Å². The van der Waals surface area contributed by atoms with Gasteiger partial charge in [0.25, 0.3) is 0 Å². The third kappa shape index (κ3) is 4.63. The van der Waals surface area contributed by atoms with Crippen molar-refractivity contribution in [2.24, 2.45) is 5.73 Å². The normalized spacial score (nSPS) is 15.7. The number of benzene rings is 2. The molecular weight excluding hydrogens is 370 g/mol. The monoisotopic (exact) mass is 399 g/mol. The van der Waals surface area contributed by atoms with Crippen LogP contribution < -0.4 is 24.8 Å². The molecule has 156 valence electrons. The van der Waals surface area contributed by atoms with Gasteiger partial charge in [-0.25, -0.2) is 0 Å². The van der Waals surface area contributed by atoms with Crippen molar-refractivity contribution in [3.8, 4) is 17.2 Å². The van der Waals surface area contributed by atoms with E-state index in [1.54, 1.807) is 32.4 Å². The highest BCUT2D eigenvalue weighted by atomic mass is 16.5. The summed E-state index contributed by atoms with van der Waals surface area (Å²) in [7, 11) is 4.76. The molecule has 2 aromatic rings. The van der Waals surface area contributed by atoms with Gasteiger partial charge in [-0.1, -0.05) is 18.2 Å². The van der Waals surface area contributed by atoms with Gasteiger partial charge in [0, 0.05) is 32.7 Å². The van der Waals surface area contributed by atoms with Gasteiger partial charge in [-0.2, -0.15) is 0 Å². The number of carbonyl (C=O) groups is 1. The number of hydrogen-bond acceptors (Lipinski definition) is 7. The third-order valence-electron chi connectivity index (χ3n) is 5.26. The van der Waals surface area contributed by atoms with E-state index in [2.05, 4.69) is 15.9 Å². The molecule has 0 bridgehead atoms. The number of nitrogens with zero attached hydrogens (tertiary/aromatic N) is 2. The lowest BCUT2D eigenvalue weighted by molar-refractivity contribution is 0.0930. The fourth-order valence-corrected chi connectivity index (χ4v) is 3.70. The average molecular weight is 399 g/mol. The number of para-hydroxylation sites is 3. The van der Waals surface area contributed by atoms with E-state index in [-0.39, 0.29) is 5.78 Å². The number of hydrogen-bond donors (Lipinski definition) is 1. The Morgan fingerprint density at radius 1 is 0.931 bits per heavy atom. The molecule has 1 unspecified atom stereocenters. The number of ether oxygens (including phenoxy) is 3. The average Bonchev–Trinajstić information content (AvgIpc) is 2.78. The largest absolute Gasteiger partial charge is 0.495 e. The van der Waals surface area contributed by atoms with Crippen molar-refractivity contribution >= 4 is 11.5 Å². The smallest absolute Gasteiger partial charge is 0.184 e. The Morgan fingerprint density at radius 3 is 2.24 bits per heavy atom. The first-order valence-electron chi connectivity index (χ1n) is 9.70.